The Morgan fingerprint density at radius 3 is 2.50 bits per heavy atom. The number of carbonyl (C=O) groups is 2. The number of hydrogen-bond donors (Lipinski definition) is 2. The molecule has 0 saturated heterocycles. The number of amides is 2. The van der Waals surface area contributed by atoms with Crippen molar-refractivity contribution in [3.63, 3.8) is 0 Å². The maximum atomic E-state index is 12.5. The van der Waals surface area contributed by atoms with E-state index in [0.717, 1.165) is 29.7 Å². The van der Waals surface area contributed by atoms with Crippen molar-refractivity contribution in [2.24, 2.45) is 5.92 Å². The first-order chi connectivity index (χ1) is 13.5. The van der Waals surface area contributed by atoms with Gasteiger partial charge in [0.25, 0.3) is 5.91 Å². The van der Waals surface area contributed by atoms with Crippen molar-refractivity contribution in [1.29, 1.82) is 0 Å². The Morgan fingerprint density at radius 1 is 1.04 bits per heavy atom. The molecule has 28 heavy (non-hydrogen) atoms. The molecule has 1 aliphatic rings. The molecule has 142 valence electrons. The van der Waals surface area contributed by atoms with E-state index in [0.29, 0.717) is 16.4 Å². The van der Waals surface area contributed by atoms with E-state index in [4.69, 9.17) is 0 Å². The Labute approximate surface area is 167 Å². The molecule has 3 aromatic rings. The quantitative estimate of drug-likeness (QED) is 0.641. The number of rotatable bonds is 5. The van der Waals surface area contributed by atoms with Crippen LogP contribution in [0.1, 0.15) is 34.3 Å². The fourth-order valence-electron chi connectivity index (χ4n) is 2.93. The van der Waals surface area contributed by atoms with Crippen LogP contribution in [0, 0.1) is 19.8 Å². The van der Waals surface area contributed by atoms with Gasteiger partial charge >= 0.3 is 0 Å². The van der Waals surface area contributed by atoms with Crippen LogP contribution in [0.4, 0.5) is 10.8 Å². The highest BCUT2D eigenvalue weighted by Crippen LogP contribution is 2.30. The predicted octanol–water partition coefficient (Wildman–Crippen LogP) is 5.03. The molecule has 1 fully saturated rings. The molecule has 1 aromatic heterocycles. The lowest BCUT2D eigenvalue weighted by Crippen LogP contribution is -2.14. The summed E-state index contributed by atoms with van der Waals surface area (Å²) in [5.74, 6) is -0.0139. The summed E-state index contributed by atoms with van der Waals surface area (Å²) in [5.41, 5.74) is 5.49. The van der Waals surface area contributed by atoms with Gasteiger partial charge in [0.1, 0.15) is 0 Å². The van der Waals surface area contributed by atoms with E-state index in [1.807, 2.05) is 5.38 Å². The molecule has 0 spiro atoms. The van der Waals surface area contributed by atoms with Crippen LogP contribution in [0.2, 0.25) is 0 Å². The number of anilines is 2. The largest absolute Gasteiger partial charge is 0.326 e. The minimum Gasteiger partial charge on any atom is -0.326 e. The van der Waals surface area contributed by atoms with E-state index in [9.17, 15) is 9.59 Å². The van der Waals surface area contributed by atoms with Gasteiger partial charge in [0.2, 0.25) is 5.91 Å². The van der Waals surface area contributed by atoms with Crippen molar-refractivity contribution in [1.82, 2.24) is 4.98 Å². The lowest BCUT2D eigenvalue weighted by atomic mass is 10.0. The van der Waals surface area contributed by atoms with E-state index in [-0.39, 0.29) is 17.7 Å². The normalized spacial score (nSPS) is 13.2. The van der Waals surface area contributed by atoms with Gasteiger partial charge in [-0.25, -0.2) is 4.98 Å². The van der Waals surface area contributed by atoms with Crippen LogP contribution in [-0.4, -0.2) is 16.8 Å². The molecule has 0 bridgehead atoms. The molecule has 4 rings (SSSR count). The Morgan fingerprint density at radius 2 is 1.79 bits per heavy atom. The average Bonchev–Trinajstić information content (AvgIpc) is 3.44. The maximum absolute atomic E-state index is 12.5. The molecular formula is C22H21N3O2S. The maximum Gasteiger partial charge on any atom is 0.257 e. The van der Waals surface area contributed by atoms with Crippen LogP contribution >= 0.6 is 11.3 Å². The zero-order valence-electron chi connectivity index (χ0n) is 15.8. The van der Waals surface area contributed by atoms with Crippen LogP contribution in [0.5, 0.6) is 0 Å². The van der Waals surface area contributed by atoms with Crippen molar-refractivity contribution in [3.8, 4) is 11.3 Å². The second-order valence-electron chi connectivity index (χ2n) is 7.15. The molecule has 5 nitrogen and oxygen atoms in total. The second-order valence-corrected chi connectivity index (χ2v) is 8.01. The number of nitrogens with one attached hydrogen (secondary N) is 2. The summed E-state index contributed by atoms with van der Waals surface area (Å²) >= 11 is 1.40. The molecule has 0 unspecified atom stereocenters. The van der Waals surface area contributed by atoms with E-state index >= 15 is 0 Å². The molecule has 6 heteroatoms. The smallest absolute Gasteiger partial charge is 0.257 e. The monoisotopic (exact) mass is 391 g/mol. The van der Waals surface area contributed by atoms with Gasteiger partial charge in [-0.2, -0.15) is 0 Å². The third-order valence-corrected chi connectivity index (χ3v) is 5.51. The van der Waals surface area contributed by atoms with Gasteiger partial charge in [-0.3, -0.25) is 14.9 Å². The Bertz CT molecular complexity index is 1040. The number of hydrogen-bond acceptors (Lipinski definition) is 4. The molecular weight excluding hydrogens is 370 g/mol. The van der Waals surface area contributed by atoms with Crippen molar-refractivity contribution in [2.45, 2.75) is 26.7 Å². The fraction of sp³-hybridized carbons (Fsp3) is 0.227. The molecule has 1 heterocycles. The lowest BCUT2D eigenvalue weighted by Gasteiger charge is -2.06. The van der Waals surface area contributed by atoms with E-state index < -0.39 is 0 Å². The van der Waals surface area contributed by atoms with Crippen molar-refractivity contribution in [2.75, 3.05) is 10.6 Å². The topological polar surface area (TPSA) is 71.1 Å². The van der Waals surface area contributed by atoms with Gasteiger partial charge in [0, 0.05) is 28.1 Å². The van der Waals surface area contributed by atoms with Gasteiger partial charge in [-0.1, -0.05) is 17.7 Å². The Kier molecular flexibility index (Phi) is 4.96. The van der Waals surface area contributed by atoms with Crippen molar-refractivity contribution in [3.05, 3.63) is 64.5 Å². The summed E-state index contributed by atoms with van der Waals surface area (Å²) in [5, 5.41) is 8.24. The molecule has 0 radical (unpaired) electrons. The minimum absolute atomic E-state index is 0.0546. The van der Waals surface area contributed by atoms with Crippen molar-refractivity contribution >= 4 is 34.0 Å². The average molecular weight is 391 g/mol. The molecule has 2 N–H and O–H groups in total. The highest BCUT2D eigenvalue weighted by atomic mass is 32.1. The summed E-state index contributed by atoms with van der Waals surface area (Å²) in [6.07, 6.45) is 1.92. The van der Waals surface area contributed by atoms with Gasteiger partial charge in [-0.05, 0) is 62.6 Å². The standard InChI is InChI=1S/C22H21N3O2S/c1-13-3-4-14(2)18(11-13)19-12-28-22(24-19)25-21(27)16-7-9-17(10-8-16)23-20(26)15-5-6-15/h3-4,7-12,15H,5-6H2,1-2H3,(H,23,26)(H,24,25,27). The molecule has 0 atom stereocenters. The number of carbonyl (C=O) groups excluding carboxylic acids is 2. The summed E-state index contributed by atoms with van der Waals surface area (Å²) in [6, 6.07) is 13.2. The summed E-state index contributed by atoms with van der Waals surface area (Å²) < 4.78 is 0. The van der Waals surface area contributed by atoms with Crippen LogP contribution in [0.3, 0.4) is 0 Å². The number of aryl methyl sites for hydroxylation is 2. The fourth-order valence-corrected chi connectivity index (χ4v) is 3.64. The molecule has 2 aromatic carbocycles. The number of nitrogens with zero attached hydrogens (tertiary/aromatic N) is 1. The van der Waals surface area contributed by atoms with E-state index in [1.54, 1.807) is 24.3 Å². The zero-order valence-corrected chi connectivity index (χ0v) is 16.6. The summed E-state index contributed by atoms with van der Waals surface area (Å²) in [6.45, 7) is 4.10. The van der Waals surface area contributed by atoms with Gasteiger partial charge < -0.3 is 5.32 Å². The molecule has 1 saturated carbocycles. The Hall–Kier alpha value is -2.99. The first-order valence-corrected chi connectivity index (χ1v) is 10.1. The van der Waals surface area contributed by atoms with E-state index in [1.165, 1.54) is 16.9 Å². The van der Waals surface area contributed by atoms with Gasteiger partial charge in [-0.15, -0.1) is 11.3 Å². The zero-order chi connectivity index (χ0) is 19.7. The Balaban J connectivity index is 1.43. The SMILES string of the molecule is Cc1ccc(C)c(-c2csc(NC(=O)c3ccc(NC(=O)C4CC4)cc3)n2)c1. The predicted molar refractivity (Wildman–Crippen MR) is 113 cm³/mol. The summed E-state index contributed by atoms with van der Waals surface area (Å²) in [7, 11) is 0. The van der Waals surface area contributed by atoms with Crippen LogP contribution < -0.4 is 10.6 Å². The number of aromatic nitrogens is 1. The minimum atomic E-state index is -0.220. The summed E-state index contributed by atoms with van der Waals surface area (Å²) in [4.78, 5) is 28.9. The second kappa shape index (κ2) is 7.56. The third-order valence-electron chi connectivity index (χ3n) is 4.76. The van der Waals surface area contributed by atoms with Crippen molar-refractivity contribution < 1.29 is 9.59 Å². The molecule has 1 aliphatic carbocycles. The number of benzene rings is 2. The molecule has 2 amide bonds. The lowest BCUT2D eigenvalue weighted by molar-refractivity contribution is -0.117. The highest BCUT2D eigenvalue weighted by Gasteiger charge is 2.29. The first-order valence-electron chi connectivity index (χ1n) is 9.25. The highest BCUT2D eigenvalue weighted by molar-refractivity contribution is 7.14. The van der Waals surface area contributed by atoms with Crippen LogP contribution in [-0.2, 0) is 4.79 Å². The van der Waals surface area contributed by atoms with Crippen LogP contribution in [0.25, 0.3) is 11.3 Å². The third kappa shape index (κ3) is 4.12. The first kappa shape index (κ1) is 18.4. The van der Waals surface area contributed by atoms with Crippen LogP contribution in [0.15, 0.2) is 47.8 Å². The molecule has 0 aliphatic heterocycles. The van der Waals surface area contributed by atoms with E-state index in [2.05, 4.69) is 47.7 Å². The van der Waals surface area contributed by atoms with Gasteiger partial charge in [0.15, 0.2) is 5.13 Å². The number of thiazole rings is 1. The van der Waals surface area contributed by atoms with Gasteiger partial charge in [0.05, 0.1) is 5.69 Å².